The number of aliphatic carboxylic acids is 1. The zero-order chi connectivity index (χ0) is 30.3. The number of carboxylic acids is 1. The number of hydrogen-bond donors (Lipinski definition) is 3. The molecule has 1 aromatic carbocycles. The standard InChI is InChI=1S/C30H36Cl2N6O5/c31-23-12-22(13-24(32)14-23)27-9-21(17-36-3-1-20(2-4-36)11-29(41)42)10-28(35-27)43-26-15-33-30(34-16-26)38-7-5-37(6-8-38)25(18-39)19-40/h9-10,12-16,20,25,39-40H,1-8,11,17-19H2,(H,41,42). The number of nitrogens with zero attached hydrogens (tertiary/aromatic N) is 6. The molecule has 11 nitrogen and oxygen atoms in total. The molecule has 0 bridgehead atoms. The zero-order valence-electron chi connectivity index (χ0n) is 23.8. The molecule has 3 N–H and O–H groups in total. The minimum absolute atomic E-state index is 0.0778. The average Bonchev–Trinajstić information content (AvgIpc) is 2.99. The minimum atomic E-state index is -0.743. The molecule has 230 valence electrons. The van der Waals surface area contributed by atoms with Crippen molar-refractivity contribution in [1.82, 2.24) is 24.8 Å². The van der Waals surface area contributed by atoms with Gasteiger partial charge in [-0.15, -0.1) is 0 Å². The number of anilines is 1. The molecule has 0 amide bonds. The van der Waals surface area contributed by atoms with E-state index in [2.05, 4.69) is 24.7 Å². The van der Waals surface area contributed by atoms with Crippen LogP contribution in [0.5, 0.6) is 11.6 Å². The van der Waals surface area contributed by atoms with E-state index in [9.17, 15) is 15.0 Å². The van der Waals surface area contributed by atoms with E-state index in [0.29, 0.717) is 66.0 Å². The normalized spacial score (nSPS) is 17.0. The second kappa shape index (κ2) is 14.6. The van der Waals surface area contributed by atoms with Gasteiger partial charge in [0.15, 0.2) is 5.75 Å². The van der Waals surface area contributed by atoms with Crippen LogP contribution in [-0.4, -0.2) is 105 Å². The first-order chi connectivity index (χ1) is 20.8. The number of carbonyl (C=O) groups is 1. The van der Waals surface area contributed by atoms with Gasteiger partial charge in [-0.25, -0.2) is 15.0 Å². The van der Waals surface area contributed by atoms with E-state index in [1.807, 2.05) is 24.3 Å². The highest BCUT2D eigenvalue weighted by Gasteiger charge is 2.25. The SMILES string of the molecule is O=C(O)CC1CCN(Cc2cc(Oc3cnc(N4CCN(C(CO)CO)CC4)nc3)nc(-c3cc(Cl)cc(Cl)c3)c2)CC1. The largest absolute Gasteiger partial charge is 0.481 e. The quantitative estimate of drug-likeness (QED) is 0.285. The molecule has 0 atom stereocenters. The minimum Gasteiger partial charge on any atom is -0.481 e. The van der Waals surface area contributed by atoms with E-state index >= 15 is 0 Å². The number of aromatic nitrogens is 3. The summed E-state index contributed by atoms with van der Waals surface area (Å²) in [6.07, 6.45) is 5.15. The van der Waals surface area contributed by atoms with Crippen LogP contribution < -0.4 is 9.64 Å². The van der Waals surface area contributed by atoms with Crippen LogP contribution in [0.15, 0.2) is 42.7 Å². The highest BCUT2D eigenvalue weighted by molar-refractivity contribution is 6.35. The van der Waals surface area contributed by atoms with Crippen LogP contribution in [0.3, 0.4) is 0 Å². The lowest BCUT2D eigenvalue weighted by Crippen LogP contribution is -2.52. The van der Waals surface area contributed by atoms with Crippen molar-refractivity contribution in [3.63, 3.8) is 0 Å². The van der Waals surface area contributed by atoms with Crippen LogP contribution in [0.4, 0.5) is 5.95 Å². The van der Waals surface area contributed by atoms with Gasteiger partial charge in [0.25, 0.3) is 0 Å². The van der Waals surface area contributed by atoms with E-state index in [1.54, 1.807) is 18.5 Å². The summed E-state index contributed by atoms with van der Waals surface area (Å²) in [6, 6.07) is 8.92. The summed E-state index contributed by atoms with van der Waals surface area (Å²) >= 11 is 12.6. The van der Waals surface area contributed by atoms with Gasteiger partial charge in [-0.05, 0) is 61.7 Å². The third kappa shape index (κ3) is 8.53. The lowest BCUT2D eigenvalue weighted by Gasteiger charge is -2.38. The monoisotopic (exact) mass is 630 g/mol. The Balaban J connectivity index is 1.30. The Morgan fingerprint density at radius 1 is 0.930 bits per heavy atom. The number of piperazine rings is 1. The summed E-state index contributed by atoms with van der Waals surface area (Å²) in [5, 5.41) is 29.1. The number of carboxylic acid groups (broad SMARTS) is 1. The number of aliphatic hydroxyl groups excluding tert-OH is 2. The number of piperidine rings is 1. The van der Waals surface area contributed by atoms with Gasteiger partial charge >= 0.3 is 5.97 Å². The number of aliphatic hydroxyl groups is 2. The summed E-state index contributed by atoms with van der Waals surface area (Å²) in [7, 11) is 0. The van der Waals surface area contributed by atoms with Gasteiger partial charge in [-0.2, -0.15) is 0 Å². The third-order valence-electron chi connectivity index (χ3n) is 7.97. The van der Waals surface area contributed by atoms with E-state index in [1.165, 1.54) is 0 Å². The van der Waals surface area contributed by atoms with Crippen molar-refractivity contribution in [3.05, 3.63) is 58.3 Å². The van der Waals surface area contributed by atoms with Gasteiger partial charge in [0.05, 0.1) is 37.3 Å². The predicted molar refractivity (Wildman–Crippen MR) is 164 cm³/mol. The molecule has 0 radical (unpaired) electrons. The number of pyridine rings is 1. The Kier molecular flexibility index (Phi) is 10.7. The maximum absolute atomic E-state index is 11.1. The van der Waals surface area contributed by atoms with Crippen LogP contribution in [0.2, 0.25) is 10.0 Å². The molecule has 2 aliphatic heterocycles. The zero-order valence-corrected chi connectivity index (χ0v) is 25.3. The van der Waals surface area contributed by atoms with Crippen molar-refractivity contribution in [2.75, 3.05) is 57.4 Å². The summed E-state index contributed by atoms with van der Waals surface area (Å²) in [5.74, 6) is 0.872. The summed E-state index contributed by atoms with van der Waals surface area (Å²) in [5.41, 5.74) is 2.42. The molecule has 2 aromatic heterocycles. The Labute approximate surface area is 260 Å². The van der Waals surface area contributed by atoms with Crippen molar-refractivity contribution in [2.45, 2.75) is 31.8 Å². The van der Waals surface area contributed by atoms with Gasteiger partial charge in [0.1, 0.15) is 0 Å². The molecule has 2 fully saturated rings. The highest BCUT2D eigenvalue weighted by atomic mass is 35.5. The second-order valence-electron chi connectivity index (χ2n) is 11.0. The molecule has 0 unspecified atom stereocenters. The highest BCUT2D eigenvalue weighted by Crippen LogP contribution is 2.31. The van der Waals surface area contributed by atoms with Gasteiger partial charge in [-0.3, -0.25) is 14.6 Å². The number of ether oxygens (including phenoxy) is 1. The summed E-state index contributed by atoms with van der Waals surface area (Å²) in [4.78, 5) is 31.3. The molecule has 13 heteroatoms. The molecule has 43 heavy (non-hydrogen) atoms. The molecule has 5 rings (SSSR count). The lowest BCUT2D eigenvalue weighted by atomic mass is 9.93. The lowest BCUT2D eigenvalue weighted by molar-refractivity contribution is -0.138. The number of hydrogen-bond acceptors (Lipinski definition) is 10. The van der Waals surface area contributed by atoms with E-state index < -0.39 is 5.97 Å². The molecule has 0 aliphatic carbocycles. The Morgan fingerprint density at radius 3 is 2.19 bits per heavy atom. The predicted octanol–water partition coefficient (Wildman–Crippen LogP) is 3.80. The molecule has 0 saturated carbocycles. The molecule has 2 saturated heterocycles. The van der Waals surface area contributed by atoms with E-state index in [4.69, 9.17) is 38.0 Å². The maximum atomic E-state index is 11.1. The van der Waals surface area contributed by atoms with Crippen molar-refractivity contribution < 1.29 is 24.9 Å². The van der Waals surface area contributed by atoms with Gasteiger partial charge in [0.2, 0.25) is 11.8 Å². The summed E-state index contributed by atoms with van der Waals surface area (Å²) < 4.78 is 6.14. The van der Waals surface area contributed by atoms with E-state index in [0.717, 1.165) is 37.1 Å². The number of halogens is 2. The fourth-order valence-electron chi connectivity index (χ4n) is 5.63. The van der Waals surface area contributed by atoms with E-state index in [-0.39, 0.29) is 31.6 Å². The first kappa shape index (κ1) is 31.4. The van der Waals surface area contributed by atoms with Crippen LogP contribution in [-0.2, 0) is 11.3 Å². The van der Waals surface area contributed by atoms with Gasteiger partial charge in [-0.1, -0.05) is 23.2 Å². The Hall–Kier alpha value is -3.06. The topological polar surface area (TPSA) is 135 Å². The van der Waals surface area contributed by atoms with Crippen LogP contribution >= 0.6 is 23.2 Å². The third-order valence-corrected chi connectivity index (χ3v) is 8.40. The molecule has 2 aliphatic rings. The molecule has 4 heterocycles. The van der Waals surface area contributed by atoms with Crippen LogP contribution in [0.1, 0.15) is 24.8 Å². The summed E-state index contributed by atoms with van der Waals surface area (Å²) in [6.45, 7) is 4.89. The fraction of sp³-hybridized carbons (Fsp3) is 0.467. The first-order valence-corrected chi connectivity index (χ1v) is 15.2. The molecular formula is C30H36Cl2N6O5. The molecule has 0 spiro atoms. The van der Waals surface area contributed by atoms with Crippen LogP contribution in [0.25, 0.3) is 11.3 Å². The van der Waals surface area contributed by atoms with Gasteiger partial charge in [0, 0.05) is 60.8 Å². The first-order valence-electron chi connectivity index (χ1n) is 14.4. The Morgan fingerprint density at radius 2 is 1.58 bits per heavy atom. The fourth-order valence-corrected chi connectivity index (χ4v) is 6.15. The smallest absolute Gasteiger partial charge is 0.303 e. The second-order valence-corrected chi connectivity index (χ2v) is 11.9. The van der Waals surface area contributed by atoms with Gasteiger partial charge < -0.3 is 25.0 Å². The molecule has 3 aromatic rings. The number of likely N-dealkylation sites (tertiary alicyclic amines) is 1. The average molecular weight is 632 g/mol. The molecular weight excluding hydrogens is 595 g/mol. The number of rotatable bonds is 11. The van der Waals surface area contributed by atoms with Crippen molar-refractivity contribution in [2.24, 2.45) is 5.92 Å². The Bertz CT molecular complexity index is 1360. The van der Waals surface area contributed by atoms with Crippen molar-refractivity contribution in [3.8, 4) is 22.9 Å². The van der Waals surface area contributed by atoms with Crippen LogP contribution in [0, 0.1) is 5.92 Å². The van der Waals surface area contributed by atoms with Crippen molar-refractivity contribution in [1.29, 1.82) is 0 Å². The van der Waals surface area contributed by atoms with Crippen molar-refractivity contribution >= 4 is 35.1 Å². The number of benzene rings is 1. The maximum Gasteiger partial charge on any atom is 0.303 e.